The Balaban J connectivity index is 2.43. The number of hydrogen-bond donors (Lipinski definition) is 1. The molecule has 0 spiro atoms. The van der Waals surface area contributed by atoms with Crippen molar-refractivity contribution in [2.24, 2.45) is 0 Å². The van der Waals surface area contributed by atoms with Crippen molar-refractivity contribution in [2.45, 2.75) is 11.8 Å². The van der Waals surface area contributed by atoms with E-state index in [0.717, 1.165) is 15.7 Å². The Labute approximate surface area is 113 Å². The molecule has 0 aliphatic carbocycles. The van der Waals surface area contributed by atoms with Crippen LogP contribution in [0.2, 0.25) is 0 Å². The first-order chi connectivity index (χ1) is 8.00. The highest BCUT2D eigenvalue weighted by Gasteiger charge is 2.27. The predicted molar refractivity (Wildman–Crippen MR) is 70.8 cm³/mol. The summed E-state index contributed by atoms with van der Waals surface area (Å²) in [6.07, 6.45) is 2.45. The minimum Gasteiger partial charge on any atom is -0.508 e. The first-order valence-electron chi connectivity index (χ1n) is 5.11. The monoisotopic (exact) mass is 315 g/mol. The molecule has 0 fully saturated rings. The number of nitrogens with zero attached hydrogens (tertiary/aromatic N) is 1. The van der Waals surface area contributed by atoms with Gasteiger partial charge < -0.3 is 10.0 Å². The Morgan fingerprint density at radius 1 is 1.53 bits per heavy atom. The quantitative estimate of drug-likeness (QED) is 0.809. The van der Waals surface area contributed by atoms with E-state index in [1.54, 1.807) is 25.2 Å². The molecule has 1 aromatic rings. The van der Waals surface area contributed by atoms with Crippen molar-refractivity contribution in [3.05, 3.63) is 34.3 Å². The number of alkyl halides is 1. The number of amides is 1. The first-order valence-corrected chi connectivity index (χ1v) is 6.34. The van der Waals surface area contributed by atoms with Crippen LogP contribution in [0.5, 0.6) is 5.75 Å². The first kappa shape index (κ1) is 12.5. The number of hydrogen-bond acceptors (Lipinski definition) is 2. The minimum atomic E-state index is -0.486. The second-order valence-electron chi connectivity index (χ2n) is 3.85. The molecule has 1 aromatic carbocycles. The predicted octanol–water partition coefficient (Wildman–Crippen LogP) is 2.97. The van der Waals surface area contributed by atoms with Crippen LogP contribution < -0.4 is 0 Å². The lowest BCUT2D eigenvalue weighted by molar-refractivity contribution is -0.126. The number of carbonyl (C=O) groups is 1. The van der Waals surface area contributed by atoms with Crippen LogP contribution in [0.4, 0.5) is 0 Å². The molecule has 1 atom stereocenters. The van der Waals surface area contributed by atoms with Gasteiger partial charge in [0.2, 0.25) is 5.91 Å². The normalized spacial score (nSPS) is 20.4. The summed E-state index contributed by atoms with van der Waals surface area (Å²) >= 11 is 9.27. The van der Waals surface area contributed by atoms with Gasteiger partial charge in [0.05, 0.1) is 0 Å². The summed E-state index contributed by atoms with van der Waals surface area (Å²) < 4.78 is 0.747. The minimum absolute atomic E-state index is 0.107. The van der Waals surface area contributed by atoms with E-state index >= 15 is 0 Å². The van der Waals surface area contributed by atoms with Gasteiger partial charge in [0.25, 0.3) is 0 Å². The van der Waals surface area contributed by atoms with Crippen molar-refractivity contribution >= 4 is 39.1 Å². The van der Waals surface area contributed by atoms with Crippen LogP contribution in [0.1, 0.15) is 12.0 Å². The molecule has 1 aliphatic rings. The zero-order chi connectivity index (χ0) is 12.6. The van der Waals surface area contributed by atoms with Gasteiger partial charge in [-0.25, -0.2) is 0 Å². The molecule has 3 nitrogen and oxygen atoms in total. The van der Waals surface area contributed by atoms with Gasteiger partial charge in [-0.05, 0) is 40.5 Å². The zero-order valence-electron chi connectivity index (χ0n) is 9.15. The lowest BCUT2D eigenvalue weighted by Gasteiger charge is -2.28. The van der Waals surface area contributed by atoms with Crippen LogP contribution in [-0.2, 0) is 4.79 Å². The molecule has 0 aromatic heterocycles. The van der Waals surface area contributed by atoms with Crippen LogP contribution in [0.25, 0.3) is 5.70 Å². The Hall–Kier alpha value is -1.00. The van der Waals surface area contributed by atoms with Gasteiger partial charge in [0.15, 0.2) is 0 Å². The molecule has 0 saturated carbocycles. The fraction of sp³-hybridized carbons (Fsp3) is 0.250. The molecule has 90 valence electrons. The summed E-state index contributed by atoms with van der Waals surface area (Å²) in [5.41, 5.74) is 1.67. The number of allylic oxidation sites excluding steroid dienone is 1. The van der Waals surface area contributed by atoms with E-state index in [1.807, 2.05) is 6.08 Å². The summed E-state index contributed by atoms with van der Waals surface area (Å²) in [6.45, 7) is 0. The van der Waals surface area contributed by atoms with E-state index in [0.29, 0.717) is 6.42 Å². The number of phenolic OH excluding ortho intramolecular Hbond substituents is 1. The van der Waals surface area contributed by atoms with E-state index in [-0.39, 0.29) is 11.7 Å². The van der Waals surface area contributed by atoms with Crippen LogP contribution in [-0.4, -0.2) is 28.3 Å². The molecule has 2 rings (SSSR count). The highest BCUT2D eigenvalue weighted by molar-refractivity contribution is 9.10. The van der Waals surface area contributed by atoms with E-state index < -0.39 is 5.38 Å². The molecule has 0 saturated heterocycles. The van der Waals surface area contributed by atoms with E-state index in [4.69, 9.17) is 11.6 Å². The highest BCUT2D eigenvalue weighted by atomic mass is 79.9. The summed E-state index contributed by atoms with van der Waals surface area (Å²) in [5, 5.41) is 8.86. The third-order valence-electron chi connectivity index (χ3n) is 2.71. The van der Waals surface area contributed by atoms with Crippen molar-refractivity contribution in [1.82, 2.24) is 4.90 Å². The summed E-state index contributed by atoms with van der Waals surface area (Å²) in [4.78, 5) is 13.3. The van der Waals surface area contributed by atoms with Crippen molar-refractivity contribution in [1.29, 1.82) is 0 Å². The van der Waals surface area contributed by atoms with Crippen LogP contribution in [0, 0.1) is 0 Å². The van der Waals surface area contributed by atoms with Crippen LogP contribution in [0.15, 0.2) is 28.7 Å². The Bertz CT molecular complexity index is 501. The maximum Gasteiger partial charge on any atom is 0.245 e. The molecule has 17 heavy (non-hydrogen) atoms. The number of phenols is 1. The Morgan fingerprint density at radius 3 is 2.88 bits per heavy atom. The molecule has 1 unspecified atom stereocenters. The average Bonchev–Trinajstić information content (AvgIpc) is 2.28. The largest absolute Gasteiger partial charge is 0.508 e. The SMILES string of the molecule is CN1C(=O)C(Cl)CC=C1c1ccc(O)cc1Br. The Morgan fingerprint density at radius 2 is 2.24 bits per heavy atom. The average molecular weight is 317 g/mol. The molecule has 0 radical (unpaired) electrons. The maximum atomic E-state index is 11.8. The number of carbonyl (C=O) groups excluding carboxylic acids is 1. The summed E-state index contributed by atoms with van der Waals surface area (Å²) in [5.74, 6) is 0.0744. The molecule has 1 amide bonds. The fourth-order valence-electron chi connectivity index (χ4n) is 1.78. The van der Waals surface area contributed by atoms with Gasteiger partial charge in [-0.2, -0.15) is 0 Å². The smallest absolute Gasteiger partial charge is 0.245 e. The molecule has 1 aliphatic heterocycles. The van der Waals surface area contributed by atoms with E-state index in [9.17, 15) is 9.90 Å². The topological polar surface area (TPSA) is 40.5 Å². The van der Waals surface area contributed by atoms with Gasteiger partial charge in [0, 0.05) is 22.8 Å². The Kier molecular flexibility index (Phi) is 3.45. The number of halogens is 2. The van der Waals surface area contributed by atoms with Crippen molar-refractivity contribution in [2.75, 3.05) is 7.05 Å². The van der Waals surface area contributed by atoms with Gasteiger partial charge >= 0.3 is 0 Å². The maximum absolute atomic E-state index is 11.8. The molecular formula is C12H11BrClNO2. The lowest BCUT2D eigenvalue weighted by atomic mass is 10.0. The molecule has 1 N–H and O–H groups in total. The van der Waals surface area contributed by atoms with E-state index in [1.165, 1.54) is 4.90 Å². The van der Waals surface area contributed by atoms with Crippen LogP contribution in [0.3, 0.4) is 0 Å². The molecule has 0 bridgehead atoms. The fourth-order valence-corrected chi connectivity index (χ4v) is 2.59. The number of benzene rings is 1. The van der Waals surface area contributed by atoms with Crippen molar-refractivity contribution < 1.29 is 9.90 Å². The highest BCUT2D eigenvalue weighted by Crippen LogP contribution is 2.32. The molecule has 5 heteroatoms. The van der Waals surface area contributed by atoms with Gasteiger partial charge in [0.1, 0.15) is 11.1 Å². The second kappa shape index (κ2) is 4.70. The van der Waals surface area contributed by atoms with E-state index in [2.05, 4.69) is 15.9 Å². The molecular weight excluding hydrogens is 305 g/mol. The standard InChI is InChI=1S/C12H11BrClNO2/c1-15-11(5-4-10(14)12(15)17)8-3-2-7(16)6-9(8)13/h2-3,5-6,10,16H,4H2,1H3. The second-order valence-corrected chi connectivity index (χ2v) is 5.24. The third kappa shape index (κ3) is 2.33. The summed E-state index contributed by atoms with van der Waals surface area (Å²) in [6, 6.07) is 4.96. The lowest BCUT2D eigenvalue weighted by Crippen LogP contribution is -2.35. The zero-order valence-corrected chi connectivity index (χ0v) is 11.5. The van der Waals surface area contributed by atoms with Gasteiger partial charge in [-0.1, -0.05) is 6.08 Å². The van der Waals surface area contributed by atoms with Crippen LogP contribution >= 0.6 is 27.5 Å². The van der Waals surface area contributed by atoms with Crippen molar-refractivity contribution in [3.8, 4) is 5.75 Å². The molecule has 1 heterocycles. The van der Waals surface area contributed by atoms with Gasteiger partial charge in [-0.3, -0.25) is 4.79 Å². The van der Waals surface area contributed by atoms with Gasteiger partial charge in [-0.15, -0.1) is 11.6 Å². The third-order valence-corrected chi connectivity index (χ3v) is 3.73. The number of rotatable bonds is 1. The summed E-state index contributed by atoms with van der Waals surface area (Å²) in [7, 11) is 1.70. The number of aromatic hydroxyl groups is 1. The van der Waals surface area contributed by atoms with Crippen molar-refractivity contribution in [3.63, 3.8) is 0 Å².